The molecule has 32 heavy (non-hydrogen) atoms. The quantitative estimate of drug-likeness (QED) is 0.641. The number of carbonyl (C=O) groups excluding carboxylic acids is 2. The Morgan fingerprint density at radius 3 is 2.75 bits per heavy atom. The number of anilines is 3. The predicted molar refractivity (Wildman–Crippen MR) is 121 cm³/mol. The van der Waals surface area contributed by atoms with Crippen LogP contribution in [0, 0.1) is 5.92 Å². The Bertz CT molecular complexity index is 1150. The highest BCUT2D eigenvalue weighted by Gasteiger charge is 2.36. The molecule has 4 rings (SSSR count). The van der Waals surface area contributed by atoms with Crippen LogP contribution in [0.15, 0.2) is 42.5 Å². The third-order valence-corrected chi connectivity index (χ3v) is 7.45. The third kappa shape index (κ3) is 4.22. The van der Waals surface area contributed by atoms with Crippen LogP contribution in [-0.4, -0.2) is 50.8 Å². The van der Waals surface area contributed by atoms with Crippen LogP contribution in [0.3, 0.4) is 0 Å². The molecule has 0 aliphatic carbocycles. The summed E-state index contributed by atoms with van der Waals surface area (Å²) in [6.07, 6.45) is 0.543. The van der Waals surface area contributed by atoms with Crippen LogP contribution < -0.4 is 19.3 Å². The van der Waals surface area contributed by atoms with Crippen molar-refractivity contribution in [3.05, 3.63) is 42.5 Å². The van der Waals surface area contributed by atoms with Gasteiger partial charge in [0.15, 0.2) is 0 Å². The van der Waals surface area contributed by atoms with Crippen molar-refractivity contribution in [3.63, 3.8) is 0 Å². The summed E-state index contributed by atoms with van der Waals surface area (Å²) in [5, 5.41) is 12.9. The van der Waals surface area contributed by atoms with Gasteiger partial charge in [-0.05, 0) is 43.7 Å². The van der Waals surface area contributed by atoms with E-state index in [1.165, 1.54) is 27.4 Å². The van der Waals surface area contributed by atoms with E-state index < -0.39 is 21.8 Å². The van der Waals surface area contributed by atoms with Gasteiger partial charge in [0.1, 0.15) is 11.5 Å². The van der Waals surface area contributed by atoms with Crippen LogP contribution >= 0.6 is 0 Å². The van der Waals surface area contributed by atoms with Crippen molar-refractivity contribution in [2.45, 2.75) is 19.8 Å². The molecule has 2 aromatic rings. The fourth-order valence-electron chi connectivity index (χ4n) is 4.02. The Kier molecular flexibility index (Phi) is 5.96. The highest BCUT2D eigenvalue weighted by molar-refractivity contribution is 7.93. The van der Waals surface area contributed by atoms with E-state index in [9.17, 15) is 23.1 Å². The number of hydrogen-bond donors (Lipinski definition) is 2. The molecule has 1 atom stereocenters. The minimum atomic E-state index is -3.39. The van der Waals surface area contributed by atoms with Crippen LogP contribution in [0.1, 0.15) is 19.8 Å². The Balaban J connectivity index is 1.51. The standard InChI is InChI=1S/C22H25N3O6S/c1-2-31-20-7-4-3-6-18(20)24-14-15(12-21(24)27)22(28)23-17-13-16(8-9-19(17)26)25-10-5-11-32(25,29)30/h3-4,6-9,13,15,26H,2,5,10-12,14H2,1H3,(H,23,28). The van der Waals surface area contributed by atoms with E-state index in [1.54, 1.807) is 18.2 Å². The number of carbonyl (C=O) groups is 2. The predicted octanol–water partition coefficient (Wildman–Crippen LogP) is 2.32. The molecule has 1 unspecified atom stereocenters. The topological polar surface area (TPSA) is 116 Å². The molecule has 0 bridgehead atoms. The van der Waals surface area contributed by atoms with Gasteiger partial charge in [-0.2, -0.15) is 0 Å². The zero-order valence-corrected chi connectivity index (χ0v) is 18.5. The maximum atomic E-state index is 12.9. The van der Waals surface area contributed by atoms with Crippen molar-refractivity contribution in [2.75, 3.05) is 40.0 Å². The first-order valence-corrected chi connectivity index (χ1v) is 12.1. The van der Waals surface area contributed by atoms with Gasteiger partial charge in [0.25, 0.3) is 0 Å². The number of benzene rings is 2. The molecule has 0 radical (unpaired) electrons. The highest BCUT2D eigenvalue weighted by atomic mass is 32.2. The molecular weight excluding hydrogens is 434 g/mol. The van der Waals surface area contributed by atoms with Gasteiger partial charge in [-0.3, -0.25) is 13.9 Å². The Hall–Kier alpha value is -3.27. The number of phenols is 1. The number of aromatic hydroxyl groups is 1. The normalized spacial score (nSPS) is 19.9. The zero-order valence-electron chi connectivity index (χ0n) is 17.7. The number of nitrogens with zero attached hydrogens (tertiary/aromatic N) is 2. The van der Waals surface area contributed by atoms with E-state index >= 15 is 0 Å². The molecule has 10 heteroatoms. The smallest absolute Gasteiger partial charge is 0.235 e. The molecule has 2 aliphatic rings. The summed E-state index contributed by atoms with van der Waals surface area (Å²) in [4.78, 5) is 27.1. The fraction of sp³-hybridized carbons (Fsp3) is 0.364. The van der Waals surface area contributed by atoms with Crippen molar-refractivity contribution in [2.24, 2.45) is 5.92 Å². The number of para-hydroxylation sites is 2. The van der Waals surface area contributed by atoms with Crippen molar-refractivity contribution in [1.29, 1.82) is 0 Å². The summed E-state index contributed by atoms with van der Waals surface area (Å²) < 4.78 is 31.3. The van der Waals surface area contributed by atoms with E-state index in [1.807, 2.05) is 13.0 Å². The van der Waals surface area contributed by atoms with Crippen LogP contribution in [-0.2, 0) is 19.6 Å². The lowest BCUT2D eigenvalue weighted by molar-refractivity contribution is -0.122. The summed E-state index contributed by atoms with van der Waals surface area (Å²) >= 11 is 0. The molecule has 2 saturated heterocycles. The summed E-state index contributed by atoms with van der Waals surface area (Å²) in [7, 11) is -3.39. The number of hydrogen-bond acceptors (Lipinski definition) is 6. The number of amides is 2. The van der Waals surface area contributed by atoms with Gasteiger partial charge >= 0.3 is 0 Å². The Labute approximate surface area is 186 Å². The monoisotopic (exact) mass is 459 g/mol. The second kappa shape index (κ2) is 8.70. The summed E-state index contributed by atoms with van der Waals surface area (Å²) in [5.74, 6) is -0.789. The van der Waals surface area contributed by atoms with E-state index in [2.05, 4.69) is 5.32 Å². The Morgan fingerprint density at radius 1 is 1.25 bits per heavy atom. The van der Waals surface area contributed by atoms with Crippen LogP contribution in [0.5, 0.6) is 11.5 Å². The molecule has 2 amide bonds. The molecule has 170 valence electrons. The largest absolute Gasteiger partial charge is 0.506 e. The van der Waals surface area contributed by atoms with Gasteiger partial charge in [0.2, 0.25) is 21.8 Å². The van der Waals surface area contributed by atoms with Crippen molar-refractivity contribution < 1.29 is 27.9 Å². The van der Waals surface area contributed by atoms with Gasteiger partial charge in [0, 0.05) is 19.5 Å². The molecule has 2 aromatic carbocycles. The minimum Gasteiger partial charge on any atom is -0.506 e. The van der Waals surface area contributed by atoms with Crippen LogP contribution in [0.2, 0.25) is 0 Å². The lowest BCUT2D eigenvalue weighted by Crippen LogP contribution is -2.28. The van der Waals surface area contributed by atoms with Gasteiger partial charge in [-0.25, -0.2) is 8.42 Å². The molecule has 9 nitrogen and oxygen atoms in total. The lowest BCUT2D eigenvalue weighted by Gasteiger charge is -2.20. The first kappa shape index (κ1) is 21.9. The van der Waals surface area contributed by atoms with E-state index in [4.69, 9.17) is 4.74 Å². The lowest BCUT2D eigenvalue weighted by atomic mass is 10.1. The number of nitrogens with one attached hydrogen (secondary N) is 1. The average Bonchev–Trinajstić information content (AvgIpc) is 3.32. The highest BCUT2D eigenvalue weighted by Crippen LogP contribution is 2.35. The van der Waals surface area contributed by atoms with E-state index in [0.717, 1.165) is 0 Å². The SMILES string of the molecule is CCOc1ccccc1N1CC(C(=O)Nc2cc(N3CCCS3(=O)=O)ccc2O)CC1=O. The number of ether oxygens (including phenoxy) is 1. The van der Waals surface area contributed by atoms with Crippen LogP contribution in [0.25, 0.3) is 0 Å². The third-order valence-electron chi connectivity index (χ3n) is 5.58. The first-order chi connectivity index (χ1) is 15.3. The zero-order chi connectivity index (χ0) is 22.9. The summed E-state index contributed by atoms with van der Waals surface area (Å²) in [5.41, 5.74) is 1.10. The minimum absolute atomic E-state index is 0.0211. The number of phenolic OH excluding ortho intramolecular Hbond substituents is 1. The average molecular weight is 460 g/mol. The molecule has 2 fully saturated rings. The fourth-order valence-corrected chi connectivity index (χ4v) is 5.57. The number of rotatable bonds is 6. The molecule has 0 saturated carbocycles. The Morgan fingerprint density at radius 2 is 2.03 bits per heavy atom. The maximum Gasteiger partial charge on any atom is 0.235 e. The maximum absolute atomic E-state index is 12.9. The van der Waals surface area contributed by atoms with Gasteiger partial charge in [0.05, 0.1) is 35.3 Å². The molecule has 2 N–H and O–H groups in total. The second-order valence-electron chi connectivity index (χ2n) is 7.74. The first-order valence-electron chi connectivity index (χ1n) is 10.5. The molecular formula is C22H25N3O6S. The van der Waals surface area contributed by atoms with Crippen LogP contribution in [0.4, 0.5) is 17.1 Å². The van der Waals surface area contributed by atoms with Crippen molar-refractivity contribution in [1.82, 2.24) is 0 Å². The molecule has 2 aliphatic heterocycles. The number of sulfonamides is 1. The van der Waals surface area contributed by atoms with Gasteiger partial charge in [-0.1, -0.05) is 12.1 Å². The summed E-state index contributed by atoms with van der Waals surface area (Å²) in [6, 6.07) is 11.5. The van der Waals surface area contributed by atoms with E-state index in [-0.39, 0.29) is 36.1 Å². The van der Waals surface area contributed by atoms with Crippen molar-refractivity contribution in [3.8, 4) is 11.5 Å². The molecule has 2 heterocycles. The van der Waals surface area contributed by atoms with E-state index in [0.29, 0.717) is 36.7 Å². The molecule has 0 spiro atoms. The van der Waals surface area contributed by atoms with Gasteiger partial charge in [-0.15, -0.1) is 0 Å². The van der Waals surface area contributed by atoms with Crippen molar-refractivity contribution >= 4 is 38.9 Å². The molecule has 0 aromatic heterocycles. The summed E-state index contributed by atoms with van der Waals surface area (Å²) in [6.45, 7) is 2.83. The van der Waals surface area contributed by atoms with Gasteiger partial charge < -0.3 is 20.1 Å². The second-order valence-corrected chi connectivity index (χ2v) is 9.75.